The van der Waals surface area contributed by atoms with Gasteiger partial charge in [-0.25, -0.2) is 4.98 Å². The molecule has 2 bridgehead atoms. The molecule has 1 heterocycles. The van der Waals surface area contributed by atoms with E-state index in [0.29, 0.717) is 16.9 Å². The largest absolute Gasteiger partial charge is 0.337 e. The molecular formula is C17H29N3. The first kappa shape index (κ1) is 14.1. The average molecular weight is 275 g/mol. The van der Waals surface area contributed by atoms with E-state index in [1.165, 1.54) is 32.1 Å². The third-order valence-electron chi connectivity index (χ3n) is 6.02. The Morgan fingerprint density at radius 3 is 2.80 bits per heavy atom. The summed E-state index contributed by atoms with van der Waals surface area (Å²) >= 11 is 0. The fraction of sp³-hybridized carbons (Fsp3) is 0.824. The van der Waals surface area contributed by atoms with Gasteiger partial charge in [-0.05, 0) is 55.4 Å². The van der Waals surface area contributed by atoms with E-state index in [1.807, 2.05) is 18.7 Å². The van der Waals surface area contributed by atoms with Crippen molar-refractivity contribution < 1.29 is 0 Å². The minimum Gasteiger partial charge on any atom is -0.337 e. The van der Waals surface area contributed by atoms with Crippen LogP contribution in [0.25, 0.3) is 0 Å². The molecule has 1 aromatic heterocycles. The maximum Gasteiger partial charge on any atom is 0.0945 e. The van der Waals surface area contributed by atoms with Crippen LogP contribution < -0.4 is 5.32 Å². The van der Waals surface area contributed by atoms with Crippen LogP contribution in [0.2, 0.25) is 0 Å². The van der Waals surface area contributed by atoms with Crippen molar-refractivity contribution in [2.75, 3.05) is 6.54 Å². The van der Waals surface area contributed by atoms with E-state index in [9.17, 15) is 0 Å². The van der Waals surface area contributed by atoms with Gasteiger partial charge in [-0.2, -0.15) is 0 Å². The number of nitrogens with one attached hydrogen (secondary N) is 1. The zero-order valence-corrected chi connectivity index (χ0v) is 13.2. The predicted molar refractivity (Wildman–Crippen MR) is 82.5 cm³/mol. The number of unbranched alkanes of at least 4 members (excludes halogenated alkanes) is 1. The summed E-state index contributed by atoms with van der Waals surface area (Å²) in [4.78, 5) is 4.09. The van der Waals surface area contributed by atoms with E-state index in [2.05, 4.69) is 35.6 Å². The van der Waals surface area contributed by atoms with Crippen LogP contribution in [0.15, 0.2) is 18.7 Å². The summed E-state index contributed by atoms with van der Waals surface area (Å²) in [5.74, 6) is 0.941. The van der Waals surface area contributed by atoms with Crippen LogP contribution in [-0.2, 0) is 6.54 Å². The summed E-state index contributed by atoms with van der Waals surface area (Å²) in [6, 6.07) is 0.710. The van der Waals surface area contributed by atoms with Gasteiger partial charge in [0.15, 0.2) is 0 Å². The van der Waals surface area contributed by atoms with E-state index in [4.69, 9.17) is 0 Å². The molecule has 20 heavy (non-hydrogen) atoms. The zero-order chi connectivity index (χ0) is 14.2. The van der Waals surface area contributed by atoms with Crippen LogP contribution in [0, 0.1) is 16.7 Å². The molecule has 0 spiro atoms. The number of nitrogens with zero attached hydrogens (tertiary/aromatic N) is 2. The monoisotopic (exact) mass is 275 g/mol. The lowest BCUT2D eigenvalue weighted by Gasteiger charge is -2.43. The Kier molecular flexibility index (Phi) is 3.65. The van der Waals surface area contributed by atoms with Gasteiger partial charge < -0.3 is 9.88 Å². The van der Waals surface area contributed by atoms with Gasteiger partial charge in [-0.15, -0.1) is 0 Å². The third kappa shape index (κ3) is 2.41. The molecule has 3 nitrogen and oxygen atoms in total. The Balaban J connectivity index is 1.44. The zero-order valence-electron chi connectivity index (χ0n) is 13.2. The van der Waals surface area contributed by atoms with Crippen LogP contribution in [0.5, 0.6) is 0 Å². The summed E-state index contributed by atoms with van der Waals surface area (Å²) in [5.41, 5.74) is 1.04. The van der Waals surface area contributed by atoms with Crippen molar-refractivity contribution in [1.82, 2.24) is 14.9 Å². The first-order chi connectivity index (χ1) is 9.52. The molecule has 0 saturated heterocycles. The Morgan fingerprint density at radius 2 is 2.15 bits per heavy atom. The second kappa shape index (κ2) is 5.18. The molecule has 3 atom stereocenters. The Labute approximate surface area is 123 Å². The Hall–Kier alpha value is -0.830. The minimum absolute atomic E-state index is 0.483. The normalized spacial score (nSPS) is 34.8. The smallest absolute Gasteiger partial charge is 0.0945 e. The molecule has 3 heteroatoms. The fourth-order valence-corrected chi connectivity index (χ4v) is 4.90. The van der Waals surface area contributed by atoms with Gasteiger partial charge in [-0.1, -0.05) is 20.8 Å². The highest BCUT2D eigenvalue weighted by Crippen LogP contribution is 2.62. The number of aromatic nitrogens is 2. The van der Waals surface area contributed by atoms with E-state index in [-0.39, 0.29) is 0 Å². The number of fused-ring (bicyclic) bond motifs is 2. The summed E-state index contributed by atoms with van der Waals surface area (Å²) in [6.45, 7) is 9.71. The number of hydrogen-bond donors (Lipinski definition) is 1. The van der Waals surface area contributed by atoms with Crippen molar-refractivity contribution in [2.24, 2.45) is 16.7 Å². The summed E-state index contributed by atoms with van der Waals surface area (Å²) in [5, 5.41) is 3.90. The van der Waals surface area contributed by atoms with Crippen molar-refractivity contribution in [3.63, 3.8) is 0 Å². The molecule has 0 radical (unpaired) electrons. The number of aryl methyl sites for hydroxylation is 1. The predicted octanol–water partition coefficient (Wildman–Crippen LogP) is 3.47. The van der Waals surface area contributed by atoms with Crippen LogP contribution in [-0.4, -0.2) is 22.1 Å². The van der Waals surface area contributed by atoms with Crippen LogP contribution in [0.3, 0.4) is 0 Å². The van der Waals surface area contributed by atoms with E-state index in [0.717, 1.165) is 19.0 Å². The van der Waals surface area contributed by atoms with Gasteiger partial charge in [0.2, 0.25) is 0 Å². The molecule has 0 amide bonds. The molecule has 0 aliphatic heterocycles. The number of imidazole rings is 1. The highest BCUT2D eigenvalue weighted by atomic mass is 15.0. The molecule has 2 aliphatic carbocycles. The first-order valence-electron chi connectivity index (χ1n) is 8.21. The maximum absolute atomic E-state index is 4.09. The molecule has 112 valence electrons. The molecule has 2 fully saturated rings. The van der Waals surface area contributed by atoms with Gasteiger partial charge in [0.1, 0.15) is 0 Å². The summed E-state index contributed by atoms with van der Waals surface area (Å²) in [7, 11) is 0. The van der Waals surface area contributed by atoms with Crippen molar-refractivity contribution in [2.45, 2.75) is 65.5 Å². The van der Waals surface area contributed by atoms with Crippen molar-refractivity contribution in [1.29, 1.82) is 0 Å². The Morgan fingerprint density at radius 1 is 1.30 bits per heavy atom. The van der Waals surface area contributed by atoms with Gasteiger partial charge in [0.25, 0.3) is 0 Å². The molecule has 1 N–H and O–H groups in total. The van der Waals surface area contributed by atoms with Gasteiger partial charge >= 0.3 is 0 Å². The summed E-state index contributed by atoms with van der Waals surface area (Å²) in [6.07, 6.45) is 12.6. The van der Waals surface area contributed by atoms with E-state index >= 15 is 0 Å². The summed E-state index contributed by atoms with van der Waals surface area (Å²) < 4.78 is 2.17. The first-order valence-corrected chi connectivity index (χ1v) is 8.21. The van der Waals surface area contributed by atoms with Gasteiger partial charge in [0.05, 0.1) is 6.33 Å². The van der Waals surface area contributed by atoms with Crippen LogP contribution >= 0.6 is 0 Å². The SMILES string of the molecule is CC1(C)C(NCCCCn2ccnc2)[C@]2(C)CC[C@H]1C2. The standard InChI is InChI=1S/C17H29N3/c1-16(2)14-6-7-17(3,12-14)15(16)19-8-4-5-10-20-11-9-18-13-20/h9,11,13-15,19H,4-8,10,12H2,1-3H3/t14-,15?,17+/m0/s1. The topological polar surface area (TPSA) is 29.9 Å². The molecule has 1 unspecified atom stereocenters. The average Bonchev–Trinajstić information content (AvgIpc) is 3.06. The maximum atomic E-state index is 4.09. The number of hydrogen-bond acceptors (Lipinski definition) is 2. The molecular weight excluding hydrogens is 246 g/mol. The third-order valence-corrected chi connectivity index (χ3v) is 6.02. The van der Waals surface area contributed by atoms with Gasteiger partial charge in [0, 0.05) is 25.0 Å². The second-order valence-corrected chi connectivity index (χ2v) is 7.81. The molecule has 2 saturated carbocycles. The van der Waals surface area contributed by atoms with E-state index in [1.54, 1.807) is 0 Å². The lowest BCUT2D eigenvalue weighted by Crippen LogP contribution is -2.50. The molecule has 0 aromatic carbocycles. The highest BCUT2D eigenvalue weighted by molar-refractivity contribution is 5.11. The quantitative estimate of drug-likeness (QED) is 0.806. The molecule has 3 rings (SSSR count). The lowest BCUT2D eigenvalue weighted by molar-refractivity contribution is 0.109. The van der Waals surface area contributed by atoms with Crippen molar-refractivity contribution in [3.05, 3.63) is 18.7 Å². The van der Waals surface area contributed by atoms with E-state index < -0.39 is 0 Å². The number of rotatable bonds is 6. The second-order valence-electron chi connectivity index (χ2n) is 7.81. The van der Waals surface area contributed by atoms with Crippen molar-refractivity contribution in [3.8, 4) is 0 Å². The van der Waals surface area contributed by atoms with Crippen molar-refractivity contribution >= 4 is 0 Å². The molecule has 1 aromatic rings. The molecule has 2 aliphatic rings. The van der Waals surface area contributed by atoms with Gasteiger partial charge in [-0.3, -0.25) is 0 Å². The fourth-order valence-electron chi connectivity index (χ4n) is 4.90. The minimum atomic E-state index is 0.483. The Bertz CT molecular complexity index is 432. The van der Waals surface area contributed by atoms with Crippen LogP contribution in [0.1, 0.15) is 52.9 Å². The highest BCUT2D eigenvalue weighted by Gasteiger charge is 2.58. The lowest BCUT2D eigenvalue weighted by atomic mass is 9.68. The van der Waals surface area contributed by atoms with Crippen LogP contribution in [0.4, 0.5) is 0 Å².